The van der Waals surface area contributed by atoms with Crippen LogP contribution in [0.15, 0.2) is 42.7 Å². The van der Waals surface area contributed by atoms with Crippen LogP contribution in [0.25, 0.3) is 0 Å². The summed E-state index contributed by atoms with van der Waals surface area (Å²) in [6.45, 7) is 4.44. The van der Waals surface area contributed by atoms with Gasteiger partial charge in [0.15, 0.2) is 0 Å². The van der Waals surface area contributed by atoms with E-state index in [9.17, 15) is 0 Å². The van der Waals surface area contributed by atoms with E-state index < -0.39 is 0 Å². The van der Waals surface area contributed by atoms with Gasteiger partial charge in [0.25, 0.3) is 0 Å². The maximum Gasteiger partial charge on any atom is 0.0728 e. The standard InChI is InChI=1S/C16H22N4/c1-13-8-15(18-16-9-17-19(2)11-16)12-20(13)10-14-6-4-3-5-7-14/h3-7,9,11,13,15,18H,8,10,12H2,1-2H3/t13-,15-/m1/s1. The van der Waals surface area contributed by atoms with Crippen LogP contribution >= 0.6 is 0 Å². The molecule has 20 heavy (non-hydrogen) atoms. The number of anilines is 1. The van der Waals surface area contributed by atoms with Gasteiger partial charge in [-0.15, -0.1) is 0 Å². The Bertz CT molecular complexity index is 549. The molecular formula is C16H22N4. The maximum absolute atomic E-state index is 4.21. The molecule has 2 heterocycles. The second-order valence-corrected chi connectivity index (χ2v) is 5.74. The zero-order valence-electron chi connectivity index (χ0n) is 12.2. The van der Waals surface area contributed by atoms with Crippen molar-refractivity contribution in [3.8, 4) is 0 Å². The summed E-state index contributed by atoms with van der Waals surface area (Å²) in [6.07, 6.45) is 5.11. The molecular weight excluding hydrogens is 248 g/mol. The SMILES string of the molecule is C[C@@H]1C[C@@H](Nc2cnn(C)c2)CN1Cc1ccccc1. The molecule has 1 aliphatic rings. The molecule has 4 heteroatoms. The molecule has 3 rings (SSSR count). The van der Waals surface area contributed by atoms with Crippen molar-refractivity contribution in [2.75, 3.05) is 11.9 Å². The summed E-state index contributed by atoms with van der Waals surface area (Å²) >= 11 is 0. The highest BCUT2D eigenvalue weighted by atomic mass is 15.3. The minimum atomic E-state index is 0.512. The van der Waals surface area contributed by atoms with Crippen LogP contribution in [0.1, 0.15) is 18.9 Å². The predicted octanol–water partition coefficient (Wildman–Crippen LogP) is 2.50. The number of likely N-dealkylation sites (tertiary alicyclic amines) is 1. The Kier molecular flexibility index (Phi) is 3.74. The van der Waals surface area contributed by atoms with Crippen LogP contribution in [0.3, 0.4) is 0 Å². The van der Waals surface area contributed by atoms with Crippen molar-refractivity contribution in [2.45, 2.75) is 32.0 Å². The topological polar surface area (TPSA) is 33.1 Å². The minimum absolute atomic E-state index is 0.512. The molecule has 1 aliphatic heterocycles. The molecule has 0 radical (unpaired) electrons. The van der Waals surface area contributed by atoms with Gasteiger partial charge in [0.05, 0.1) is 11.9 Å². The fourth-order valence-corrected chi connectivity index (χ4v) is 2.97. The van der Waals surface area contributed by atoms with E-state index in [2.05, 4.69) is 52.6 Å². The van der Waals surface area contributed by atoms with E-state index in [4.69, 9.17) is 0 Å². The van der Waals surface area contributed by atoms with Crippen molar-refractivity contribution in [3.05, 3.63) is 48.3 Å². The van der Waals surface area contributed by atoms with E-state index in [-0.39, 0.29) is 0 Å². The lowest BCUT2D eigenvalue weighted by Gasteiger charge is -2.20. The molecule has 106 valence electrons. The summed E-state index contributed by atoms with van der Waals surface area (Å²) in [5.41, 5.74) is 2.51. The van der Waals surface area contributed by atoms with Crippen molar-refractivity contribution in [2.24, 2.45) is 7.05 Å². The third-order valence-corrected chi connectivity index (χ3v) is 4.01. The number of nitrogens with zero attached hydrogens (tertiary/aromatic N) is 3. The van der Waals surface area contributed by atoms with Crippen LogP contribution < -0.4 is 5.32 Å². The summed E-state index contributed by atoms with van der Waals surface area (Å²) in [4.78, 5) is 2.55. The molecule has 1 fully saturated rings. The van der Waals surface area contributed by atoms with Crippen molar-refractivity contribution in [3.63, 3.8) is 0 Å². The summed E-state index contributed by atoms with van der Waals surface area (Å²) in [5, 5.41) is 7.79. The Morgan fingerprint density at radius 2 is 2.10 bits per heavy atom. The van der Waals surface area contributed by atoms with Gasteiger partial charge in [-0.25, -0.2) is 0 Å². The van der Waals surface area contributed by atoms with Crippen LogP contribution in [-0.4, -0.2) is 33.3 Å². The Morgan fingerprint density at radius 3 is 2.80 bits per heavy atom. The minimum Gasteiger partial charge on any atom is -0.378 e. The number of hydrogen-bond donors (Lipinski definition) is 1. The zero-order chi connectivity index (χ0) is 13.9. The summed E-state index contributed by atoms with van der Waals surface area (Å²) in [6, 6.07) is 11.8. The molecule has 1 aromatic carbocycles. The van der Waals surface area contributed by atoms with Gasteiger partial charge in [-0.1, -0.05) is 30.3 Å². The first-order valence-electron chi connectivity index (χ1n) is 7.24. The van der Waals surface area contributed by atoms with Crippen LogP contribution in [-0.2, 0) is 13.6 Å². The summed E-state index contributed by atoms with van der Waals surface area (Å²) in [5.74, 6) is 0. The smallest absolute Gasteiger partial charge is 0.0728 e. The van der Waals surface area contributed by atoms with E-state index in [0.29, 0.717) is 12.1 Å². The van der Waals surface area contributed by atoms with Gasteiger partial charge in [0.1, 0.15) is 0 Å². The van der Waals surface area contributed by atoms with E-state index in [1.165, 1.54) is 12.0 Å². The third kappa shape index (κ3) is 3.02. The average molecular weight is 270 g/mol. The first kappa shape index (κ1) is 13.2. The molecule has 0 spiro atoms. The van der Waals surface area contributed by atoms with Gasteiger partial charge in [-0.05, 0) is 18.9 Å². The zero-order valence-corrected chi connectivity index (χ0v) is 12.2. The highest BCUT2D eigenvalue weighted by Crippen LogP contribution is 2.22. The highest BCUT2D eigenvalue weighted by molar-refractivity contribution is 5.39. The molecule has 0 saturated carbocycles. The van der Waals surface area contributed by atoms with Crippen molar-refractivity contribution < 1.29 is 0 Å². The van der Waals surface area contributed by atoms with Crippen molar-refractivity contribution in [1.29, 1.82) is 0 Å². The molecule has 1 N–H and O–H groups in total. The van der Waals surface area contributed by atoms with Gasteiger partial charge in [0.2, 0.25) is 0 Å². The second-order valence-electron chi connectivity index (χ2n) is 5.74. The van der Waals surface area contributed by atoms with E-state index in [0.717, 1.165) is 18.8 Å². The molecule has 0 bridgehead atoms. The van der Waals surface area contributed by atoms with Crippen LogP contribution in [0.2, 0.25) is 0 Å². The third-order valence-electron chi connectivity index (χ3n) is 4.01. The highest BCUT2D eigenvalue weighted by Gasteiger charge is 2.28. The van der Waals surface area contributed by atoms with Gasteiger partial charge in [0, 0.05) is 38.4 Å². The Balaban J connectivity index is 1.59. The number of aryl methyl sites for hydroxylation is 1. The molecule has 0 aliphatic carbocycles. The van der Waals surface area contributed by atoms with Crippen LogP contribution in [0, 0.1) is 0 Å². The molecule has 2 atom stereocenters. The fraction of sp³-hybridized carbons (Fsp3) is 0.438. The normalized spacial score (nSPS) is 23.1. The first-order chi connectivity index (χ1) is 9.70. The lowest BCUT2D eigenvalue weighted by molar-refractivity contribution is 0.259. The quantitative estimate of drug-likeness (QED) is 0.926. The molecule has 0 amide bonds. The predicted molar refractivity (Wildman–Crippen MR) is 81.5 cm³/mol. The monoisotopic (exact) mass is 270 g/mol. The Labute approximate surface area is 120 Å². The fourth-order valence-electron chi connectivity index (χ4n) is 2.97. The maximum atomic E-state index is 4.21. The lowest BCUT2D eigenvalue weighted by Crippen LogP contribution is -2.28. The summed E-state index contributed by atoms with van der Waals surface area (Å²) in [7, 11) is 1.95. The number of rotatable bonds is 4. The number of aromatic nitrogens is 2. The Hall–Kier alpha value is -1.81. The van der Waals surface area contributed by atoms with Crippen LogP contribution in [0.4, 0.5) is 5.69 Å². The largest absolute Gasteiger partial charge is 0.378 e. The number of hydrogen-bond acceptors (Lipinski definition) is 3. The molecule has 4 nitrogen and oxygen atoms in total. The van der Waals surface area contributed by atoms with Crippen molar-refractivity contribution >= 4 is 5.69 Å². The van der Waals surface area contributed by atoms with Gasteiger partial charge >= 0.3 is 0 Å². The lowest BCUT2D eigenvalue weighted by atomic mass is 10.2. The van der Waals surface area contributed by atoms with Gasteiger partial charge < -0.3 is 5.32 Å². The summed E-state index contributed by atoms with van der Waals surface area (Å²) < 4.78 is 1.84. The van der Waals surface area contributed by atoms with Gasteiger partial charge in [-0.3, -0.25) is 9.58 Å². The number of benzene rings is 1. The van der Waals surface area contributed by atoms with E-state index >= 15 is 0 Å². The van der Waals surface area contributed by atoms with E-state index in [1.54, 1.807) is 0 Å². The van der Waals surface area contributed by atoms with Gasteiger partial charge in [-0.2, -0.15) is 5.10 Å². The van der Waals surface area contributed by atoms with E-state index in [1.807, 2.05) is 24.1 Å². The molecule has 1 aromatic heterocycles. The van der Waals surface area contributed by atoms with Crippen molar-refractivity contribution in [1.82, 2.24) is 14.7 Å². The first-order valence-corrected chi connectivity index (χ1v) is 7.24. The molecule has 0 unspecified atom stereocenters. The van der Waals surface area contributed by atoms with Crippen LogP contribution in [0.5, 0.6) is 0 Å². The average Bonchev–Trinajstić information content (AvgIpc) is 2.98. The molecule has 2 aromatic rings. The molecule has 1 saturated heterocycles. The number of nitrogens with one attached hydrogen (secondary N) is 1. The second kappa shape index (κ2) is 5.67. The Morgan fingerprint density at radius 1 is 1.30 bits per heavy atom.